The maximum absolute atomic E-state index is 14.5. The van der Waals surface area contributed by atoms with Gasteiger partial charge in [-0.2, -0.15) is 0 Å². The lowest BCUT2D eigenvalue weighted by Gasteiger charge is -2.14. The molecule has 0 saturated heterocycles. The average Bonchev–Trinajstić information content (AvgIpc) is 2.73. The summed E-state index contributed by atoms with van der Waals surface area (Å²) >= 11 is 1.28. The van der Waals surface area contributed by atoms with E-state index in [-0.39, 0.29) is 5.69 Å². The molecule has 0 bridgehead atoms. The minimum atomic E-state index is -0.830. The number of nitrogens with zero attached hydrogens (tertiary/aromatic N) is 2. The van der Waals surface area contributed by atoms with Gasteiger partial charge in [0, 0.05) is 17.4 Å². The molecular weight excluding hydrogens is 394 g/mol. The van der Waals surface area contributed by atoms with E-state index in [1.54, 1.807) is 31.4 Å². The number of hydrogen-bond acceptors (Lipinski definition) is 4. The van der Waals surface area contributed by atoms with E-state index in [0.29, 0.717) is 27.6 Å². The first-order chi connectivity index (χ1) is 14.1. The second kappa shape index (κ2) is 8.05. The molecule has 1 heterocycles. The molecule has 0 aliphatic heterocycles. The second-order valence-corrected chi connectivity index (χ2v) is 7.19. The van der Waals surface area contributed by atoms with Crippen molar-refractivity contribution in [3.63, 3.8) is 0 Å². The van der Waals surface area contributed by atoms with Crippen molar-refractivity contribution in [3.05, 3.63) is 94.3 Å². The van der Waals surface area contributed by atoms with Gasteiger partial charge in [-0.3, -0.25) is 9.36 Å². The summed E-state index contributed by atoms with van der Waals surface area (Å²) in [5, 5.41) is 0.669. The third-order valence-corrected chi connectivity index (χ3v) is 5.43. The fourth-order valence-electron chi connectivity index (χ4n) is 3.05. The van der Waals surface area contributed by atoms with E-state index in [2.05, 4.69) is 4.98 Å². The quantitative estimate of drug-likeness (QED) is 0.344. The molecule has 29 heavy (non-hydrogen) atoms. The standard InChI is InChI=1S/C22H16F2N2O2S/c1-28-20-9-5-2-6-14(20)13-29-22-25-18-8-4-3-7-16(18)21(27)26(22)19-11-10-15(23)12-17(19)24/h2-12H,13H2,1H3. The van der Waals surface area contributed by atoms with Gasteiger partial charge >= 0.3 is 0 Å². The molecule has 1 aromatic heterocycles. The lowest BCUT2D eigenvalue weighted by molar-refractivity contribution is 0.411. The maximum Gasteiger partial charge on any atom is 0.266 e. The van der Waals surface area contributed by atoms with Gasteiger partial charge in [0.05, 0.1) is 23.7 Å². The van der Waals surface area contributed by atoms with Crippen LogP contribution in [0.2, 0.25) is 0 Å². The maximum atomic E-state index is 14.5. The summed E-state index contributed by atoms with van der Waals surface area (Å²) in [6.07, 6.45) is 0. The zero-order valence-corrected chi connectivity index (χ0v) is 16.2. The molecule has 0 unspecified atom stereocenters. The van der Waals surface area contributed by atoms with Crippen LogP contribution in [0.4, 0.5) is 8.78 Å². The molecule has 0 spiro atoms. The van der Waals surface area contributed by atoms with Gasteiger partial charge in [0.1, 0.15) is 17.4 Å². The highest BCUT2D eigenvalue weighted by atomic mass is 32.2. The number of thioether (sulfide) groups is 1. The highest BCUT2D eigenvalue weighted by Gasteiger charge is 2.17. The van der Waals surface area contributed by atoms with E-state index >= 15 is 0 Å². The smallest absolute Gasteiger partial charge is 0.266 e. The first kappa shape index (κ1) is 19.1. The summed E-state index contributed by atoms with van der Waals surface area (Å²) in [6, 6.07) is 17.5. The summed E-state index contributed by atoms with van der Waals surface area (Å²) in [7, 11) is 1.58. The van der Waals surface area contributed by atoms with Crippen molar-refractivity contribution in [3.8, 4) is 11.4 Å². The minimum Gasteiger partial charge on any atom is -0.496 e. The molecule has 0 atom stereocenters. The first-order valence-electron chi connectivity index (χ1n) is 8.80. The lowest BCUT2D eigenvalue weighted by Crippen LogP contribution is -2.22. The Morgan fingerprint density at radius 2 is 1.79 bits per heavy atom. The van der Waals surface area contributed by atoms with Crippen molar-refractivity contribution in [2.75, 3.05) is 7.11 Å². The first-order valence-corrected chi connectivity index (χ1v) is 9.79. The Balaban J connectivity index is 1.86. The number of aromatic nitrogens is 2. The van der Waals surface area contributed by atoms with Gasteiger partial charge in [-0.25, -0.2) is 13.8 Å². The van der Waals surface area contributed by atoms with Gasteiger partial charge in [0.25, 0.3) is 5.56 Å². The molecule has 0 fully saturated rings. The molecule has 7 heteroatoms. The van der Waals surface area contributed by atoms with Crippen LogP contribution in [0, 0.1) is 11.6 Å². The van der Waals surface area contributed by atoms with Gasteiger partial charge in [0.15, 0.2) is 5.16 Å². The van der Waals surface area contributed by atoms with Crippen molar-refractivity contribution in [1.29, 1.82) is 0 Å². The normalized spacial score (nSPS) is 11.0. The Hall–Kier alpha value is -3.19. The lowest BCUT2D eigenvalue weighted by atomic mass is 10.2. The van der Waals surface area contributed by atoms with Crippen molar-refractivity contribution >= 4 is 22.7 Å². The van der Waals surface area contributed by atoms with Crippen LogP contribution in [0.3, 0.4) is 0 Å². The summed E-state index contributed by atoms with van der Waals surface area (Å²) < 4.78 is 34.5. The topological polar surface area (TPSA) is 44.1 Å². The number of ether oxygens (including phenoxy) is 1. The number of hydrogen-bond donors (Lipinski definition) is 0. The molecule has 0 aliphatic rings. The summed E-state index contributed by atoms with van der Waals surface area (Å²) in [5.74, 6) is -0.375. The van der Waals surface area contributed by atoms with Gasteiger partial charge in [-0.15, -0.1) is 0 Å². The van der Waals surface area contributed by atoms with Crippen LogP contribution in [0.1, 0.15) is 5.56 Å². The highest BCUT2D eigenvalue weighted by molar-refractivity contribution is 7.98. The number of para-hydroxylation sites is 2. The molecule has 4 rings (SSSR count). The van der Waals surface area contributed by atoms with Crippen LogP contribution in [0.5, 0.6) is 5.75 Å². The third kappa shape index (κ3) is 3.73. The van der Waals surface area contributed by atoms with Gasteiger partial charge in [0.2, 0.25) is 0 Å². The fraction of sp³-hybridized carbons (Fsp3) is 0.0909. The number of rotatable bonds is 5. The minimum absolute atomic E-state index is 0.0443. The molecule has 4 aromatic rings. The van der Waals surface area contributed by atoms with Crippen LogP contribution < -0.4 is 10.3 Å². The van der Waals surface area contributed by atoms with E-state index in [4.69, 9.17) is 4.74 Å². The van der Waals surface area contributed by atoms with E-state index in [1.807, 2.05) is 24.3 Å². The SMILES string of the molecule is COc1ccccc1CSc1nc2ccccc2c(=O)n1-c1ccc(F)cc1F. The van der Waals surface area contributed by atoms with E-state index in [0.717, 1.165) is 17.7 Å². The van der Waals surface area contributed by atoms with Crippen LogP contribution in [0.15, 0.2) is 76.7 Å². The van der Waals surface area contributed by atoms with Crippen molar-refractivity contribution in [2.24, 2.45) is 0 Å². The van der Waals surface area contributed by atoms with Crippen molar-refractivity contribution in [1.82, 2.24) is 9.55 Å². The fourth-order valence-corrected chi connectivity index (χ4v) is 4.05. The molecular formula is C22H16F2N2O2S. The predicted molar refractivity (Wildman–Crippen MR) is 110 cm³/mol. The van der Waals surface area contributed by atoms with Crippen LogP contribution in [0.25, 0.3) is 16.6 Å². The summed E-state index contributed by atoms with van der Waals surface area (Å²) in [6.45, 7) is 0. The molecule has 0 saturated carbocycles. The van der Waals surface area contributed by atoms with Crippen molar-refractivity contribution in [2.45, 2.75) is 10.9 Å². The second-order valence-electron chi connectivity index (χ2n) is 6.25. The van der Waals surface area contributed by atoms with Crippen LogP contribution in [-0.2, 0) is 5.75 Å². The molecule has 0 radical (unpaired) electrons. The summed E-state index contributed by atoms with van der Waals surface area (Å²) in [5.41, 5.74) is 0.966. The highest BCUT2D eigenvalue weighted by Crippen LogP contribution is 2.29. The monoisotopic (exact) mass is 410 g/mol. The average molecular weight is 410 g/mol. The Bertz CT molecular complexity index is 1260. The van der Waals surface area contributed by atoms with Gasteiger partial charge in [-0.1, -0.05) is 42.1 Å². The Labute approximate surface area is 169 Å². The molecule has 0 amide bonds. The van der Waals surface area contributed by atoms with Gasteiger partial charge in [-0.05, 0) is 30.3 Å². The van der Waals surface area contributed by atoms with Crippen LogP contribution >= 0.6 is 11.8 Å². The molecule has 4 nitrogen and oxygen atoms in total. The number of halogens is 2. The van der Waals surface area contributed by atoms with E-state index < -0.39 is 17.2 Å². The van der Waals surface area contributed by atoms with Crippen LogP contribution in [-0.4, -0.2) is 16.7 Å². The Morgan fingerprint density at radius 3 is 2.59 bits per heavy atom. The Morgan fingerprint density at radius 1 is 1.03 bits per heavy atom. The zero-order valence-electron chi connectivity index (χ0n) is 15.4. The summed E-state index contributed by atoms with van der Waals surface area (Å²) in [4.78, 5) is 17.7. The Kier molecular flexibility index (Phi) is 5.31. The van der Waals surface area contributed by atoms with E-state index in [9.17, 15) is 13.6 Å². The molecule has 3 aromatic carbocycles. The number of fused-ring (bicyclic) bond motifs is 1. The van der Waals surface area contributed by atoms with Gasteiger partial charge < -0.3 is 4.74 Å². The number of methoxy groups -OCH3 is 1. The molecule has 146 valence electrons. The largest absolute Gasteiger partial charge is 0.496 e. The molecule has 0 aliphatic carbocycles. The molecule has 0 N–H and O–H groups in total. The van der Waals surface area contributed by atoms with Crippen molar-refractivity contribution < 1.29 is 13.5 Å². The number of benzene rings is 3. The third-order valence-electron chi connectivity index (χ3n) is 4.44. The predicted octanol–water partition coefficient (Wildman–Crippen LogP) is 4.96. The zero-order chi connectivity index (χ0) is 20.4. The van der Waals surface area contributed by atoms with E-state index in [1.165, 1.54) is 22.4 Å².